The Labute approximate surface area is 110 Å². The maximum atomic E-state index is 12.3. The van der Waals surface area contributed by atoms with E-state index >= 15 is 0 Å². The molecule has 1 saturated heterocycles. The summed E-state index contributed by atoms with van der Waals surface area (Å²) in [6.07, 6.45) is 2.03. The van der Waals surface area contributed by atoms with E-state index in [-0.39, 0.29) is 5.92 Å². The highest BCUT2D eigenvalue weighted by Gasteiger charge is 2.25. The maximum absolute atomic E-state index is 12.3. The fourth-order valence-corrected chi connectivity index (χ4v) is 2.73. The van der Waals surface area contributed by atoms with E-state index in [1.165, 1.54) is 0 Å². The van der Waals surface area contributed by atoms with Crippen molar-refractivity contribution in [3.8, 4) is 0 Å². The predicted octanol–water partition coefficient (Wildman–Crippen LogP) is 3.24. The number of ketones is 1. The number of carbonyl (C=O) groups is 1. The number of nitrogens with zero attached hydrogens (tertiary/aromatic N) is 1. The first-order chi connectivity index (χ1) is 8.66. The first-order valence-electron chi connectivity index (χ1n) is 6.98. The summed E-state index contributed by atoms with van der Waals surface area (Å²) in [5.74, 6) is 1.28. The van der Waals surface area contributed by atoms with Crippen LogP contribution < -0.4 is 0 Å². The number of Topliss-reactive ketones (excluding diaryl/α,β-unsaturated/α-hetero) is 1. The number of piperidine rings is 1. The second-order valence-corrected chi connectivity index (χ2v) is 5.70. The molecule has 0 spiro atoms. The van der Waals surface area contributed by atoms with Crippen molar-refractivity contribution >= 4 is 5.78 Å². The van der Waals surface area contributed by atoms with Crippen molar-refractivity contribution in [2.24, 2.45) is 11.8 Å². The normalized spacial score (nSPS) is 18.2. The van der Waals surface area contributed by atoms with E-state index in [1.807, 2.05) is 30.3 Å². The average Bonchev–Trinajstić information content (AvgIpc) is 2.39. The molecular weight excluding hydrogens is 222 g/mol. The van der Waals surface area contributed by atoms with Crippen LogP contribution in [0.5, 0.6) is 0 Å². The summed E-state index contributed by atoms with van der Waals surface area (Å²) in [5, 5.41) is 0. The molecule has 1 heterocycles. The fraction of sp³-hybridized carbons (Fsp3) is 0.562. The molecule has 1 aliphatic rings. The second kappa shape index (κ2) is 6.14. The molecule has 1 aliphatic heterocycles. The monoisotopic (exact) mass is 245 g/mol. The number of benzene rings is 1. The number of hydrogen-bond donors (Lipinski definition) is 0. The zero-order valence-electron chi connectivity index (χ0n) is 11.4. The van der Waals surface area contributed by atoms with Crippen molar-refractivity contribution in [1.29, 1.82) is 0 Å². The van der Waals surface area contributed by atoms with Gasteiger partial charge in [0.2, 0.25) is 0 Å². The molecule has 2 nitrogen and oxygen atoms in total. The lowest BCUT2D eigenvalue weighted by atomic mass is 9.88. The van der Waals surface area contributed by atoms with Crippen molar-refractivity contribution in [3.05, 3.63) is 35.9 Å². The summed E-state index contributed by atoms with van der Waals surface area (Å²) in [5.41, 5.74) is 0.875. The molecule has 1 aromatic rings. The Balaban J connectivity index is 1.88. The molecule has 0 N–H and O–H groups in total. The third-order valence-corrected chi connectivity index (χ3v) is 3.64. The third kappa shape index (κ3) is 3.42. The number of likely N-dealkylation sites (tertiary alicyclic amines) is 1. The van der Waals surface area contributed by atoms with Crippen LogP contribution >= 0.6 is 0 Å². The van der Waals surface area contributed by atoms with Crippen LogP contribution in [0.4, 0.5) is 0 Å². The molecule has 98 valence electrons. The molecule has 18 heavy (non-hydrogen) atoms. The Hall–Kier alpha value is -1.15. The van der Waals surface area contributed by atoms with Gasteiger partial charge in [0, 0.05) is 18.0 Å². The Morgan fingerprint density at radius 1 is 1.22 bits per heavy atom. The SMILES string of the molecule is CC(C)CN1CCC(C(=O)c2ccccc2)CC1. The van der Waals surface area contributed by atoms with E-state index in [1.54, 1.807) is 0 Å². The zero-order chi connectivity index (χ0) is 13.0. The summed E-state index contributed by atoms with van der Waals surface area (Å²) in [7, 11) is 0. The summed E-state index contributed by atoms with van der Waals surface area (Å²) in [4.78, 5) is 14.8. The minimum Gasteiger partial charge on any atom is -0.303 e. The largest absolute Gasteiger partial charge is 0.303 e. The van der Waals surface area contributed by atoms with E-state index in [4.69, 9.17) is 0 Å². The number of rotatable bonds is 4. The van der Waals surface area contributed by atoms with Gasteiger partial charge in [-0.15, -0.1) is 0 Å². The van der Waals surface area contributed by atoms with Crippen molar-refractivity contribution in [3.63, 3.8) is 0 Å². The van der Waals surface area contributed by atoms with Gasteiger partial charge in [0.15, 0.2) is 5.78 Å². The third-order valence-electron chi connectivity index (χ3n) is 3.64. The molecule has 0 atom stereocenters. The first kappa shape index (κ1) is 13.3. The standard InChI is InChI=1S/C16H23NO/c1-13(2)12-17-10-8-15(9-11-17)16(18)14-6-4-3-5-7-14/h3-7,13,15H,8-12H2,1-2H3. The lowest BCUT2D eigenvalue weighted by molar-refractivity contribution is 0.0831. The average molecular weight is 245 g/mol. The minimum absolute atomic E-state index is 0.232. The first-order valence-corrected chi connectivity index (χ1v) is 6.98. The summed E-state index contributed by atoms with van der Waals surface area (Å²) >= 11 is 0. The van der Waals surface area contributed by atoms with Crippen molar-refractivity contribution in [1.82, 2.24) is 4.90 Å². The Morgan fingerprint density at radius 2 is 1.83 bits per heavy atom. The van der Waals surface area contributed by atoms with Crippen LogP contribution in [0.15, 0.2) is 30.3 Å². The summed E-state index contributed by atoms with van der Waals surface area (Å²) in [6.45, 7) is 7.80. The Kier molecular flexibility index (Phi) is 4.54. The van der Waals surface area contributed by atoms with Crippen LogP contribution in [0, 0.1) is 11.8 Å². The van der Waals surface area contributed by atoms with Crippen LogP contribution in [0.1, 0.15) is 37.0 Å². The molecule has 0 saturated carbocycles. The molecule has 0 aliphatic carbocycles. The second-order valence-electron chi connectivity index (χ2n) is 5.70. The molecule has 1 aromatic carbocycles. The van der Waals surface area contributed by atoms with E-state index < -0.39 is 0 Å². The molecule has 2 rings (SSSR count). The maximum Gasteiger partial charge on any atom is 0.166 e. The summed E-state index contributed by atoms with van der Waals surface area (Å²) in [6, 6.07) is 9.72. The lowest BCUT2D eigenvalue weighted by Gasteiger charge is -2.32. The molecule has 2 heteroatoms. The molecule has 0 radical (unpaired) electrons. The smallest absolute Gasteiger partial charge is 0.166 e. The van der Waals surface area contributed by atoms with E-state index in [0.29, 0.717) is 11.7 Å². The van der Waals surface area contributed by atoms with Crippen LogP contribution in [0.2, 0.25) is 0 Å². The van der Waals surface area contributed by atoms with Crippen LogP contribution in [0.3, 0.4) is 0 Å². The van der Waals surface area contributed by atoms with E-state index in [2.05, 4.69) is 18.7 Å². The topological polar surface area (TPSA) is 20.3 Å². The summed E-state index contributed by atoms with van der Waals surface area (Å²) < 4.78 is 0. The van der Waals surface area contributed by atoms with Gasteiger partial charge in [-0.3, -0.25) is 4.79 Å². The Morgan fingerprint density at radius 3 is 2.39 bits per heavy atom. The molecule has 0 bridgehead atoms. The highest BCUT2D eigenvalue weighted by atomic mass is 16.1. The van der Waals surface area contributed by atoms with Crippen LogP contribution in [-0.4, -0.2) is 30.3 Å². The van der Waals surface area contributed by atoms with E-state index in [0.717, 1.165) is 38.0 Å². The van der Waals surface area contributed by atoms with Crippen molar-refractivity contribution in [2.45, 2.75) is 26.7 Å². The number of hydrogen-bond acceptors (Lipinski definition) is 2. The quantitative estimate of drug-likeness (QED) is 0.759. The van der Waals surface area contributed by atoms with Gasteiger partial charge in [0.25, 0.3) is 0 Å². The van der Waals surface area contributed by atoms with Crippen LogP contribution in [0.25, 0.3) is 0 Å². The van der Waals surface area contributed by atoms with Gasteiger partial charge in [-0.05, 0) is 31.8 Å². The lowest BCUT2D eigenvalue weighted by Crippen LogP contribution is -2.38. The van der Waals surface area contributed by atoms with Crippen molar-refractivity contribution < 1.29 is 4.79 Å². The minimum atomic E-state index is 0.232. The highest BCUT2D eigenvalue weighted by molar-refractivity contribution is 5.97. The van der Waals surface area contributed by atoms with Gasteiger partial charge < -0.3 is 4.90 Å². The van der Waals surface area contributed by atoms with Gasteiger partial charge in [-0.2, -0.15) is 0 Å². The zero-order valence-corrected chi connectivity index (χ0v) is 11.4. The fourth-order valence-electron chi connectivity index (χ4n) is 2.73. The molecule has 0 aromatic heterocycles. The van der Waals surface area contributed by atoms with Crippen LogP contribution in [-0.2, 0) is 0 Å². The molecule has 1 fully saturated rings. The number of carbonyl (C=O) groups excluding carboxylic acids is 1. The van der Waals surface area contributed by atoms with Crippen molar-refractivity contribution in [2.75, 3.05) is 19.6 Å². The molecular formula is C16H23NO. The molecule has 0 unspecified atom stereocenters. The highest BCUT2D eigenvalue weighted by Crippen LogP contribution is 2.22. The Bertz CT molecular complexity index is 377. The van der Waals surface area contributed by atoms with E-state index in [9.17, 15) is 4.79 Å². The van der Waals surface area contributed by atoms with Gasteiger partial charge >= 0.3 is 0 Å². The van der Waals surface area contributed by atoms with Gasteiger partial charge in [-0.25, -0.2) is 0 Å². The van der Waals surface area contributed by atoms with Gasteiger partial charge in [0.1, 0.15) is 0 Å². The van der Waals surface area contributed by atoms with Gasteiger partial charge in [-0.1, -0.05) is 44.2 Å². The van der Waals surface area contributed by atoms with Gasteiger partial charge in [0.05, 0.1) is 0 Å². The molecule has 0 amide bonds. The predicted molar refractivity (Wildman–Crippen MR) is 74.8 cm³/mol.